The van der Waals surface area contributed by atoms with Crippen LogP contribution in [0.25, 0.3) is 0 Å². The average Bonchev–Trinajstić information content (AvgIpc) is 2.79. The molecule has 3 rings (SSSR count). The molecule has 7 heteroatoms. The molecule has 5 nitrogen and oxygen atoms in total. The maximum absolute atomic E-state index is 12.4. The Bertz CT molecular complexity index is 881. The molecule has 0 bridgehead atoms. The Morgan fingerprint density at radius 1 is 0.750 bits per heavy atom. The fourth-order valence-corrected chi connectivity index (χ4v) is 5.32. The number of fused-ring (bicyclic) bond motifs is 2. The first-order chi connectivity index (χ1) is 15.4. The molecule has 1 heterocycles. The lowest BCUT2D eigenvalue weighted by atomic mass is 10.0. The van der Waals surface area contributed by atoms with E-state index in [0.29, 0.717) is 13.1 Å². The quantitative estimate of drug-likeness (QED) is 0.371. The van der Waals surface area contributed by atoms with Crippen molar-refractivity contribution in [2.75, 3.05) is 39.3 Å². The summed E-state index contributed by atoms with van der Waals surface area (Å²) in [5.41, 5.74) is 2.13. The monoisotopic (exact) mass is 472 g/mol. The van der Waals surface area contributed by atoms with Gasteiger partial charge in [0.1, 0.15) is 11.5 Å². The van der Waals surface area contributed by atoms with Crippen molar-refractivity contribution in [3.8, 4) is 11.5 Å². The van der Waals surface area contributed by atoms with E-state index in [0.717, 1.165) is 65.0 Å². The first-order valence-electron chi connectivity index (χ1n) is 11.2. The summed E-state index contributed by atoms with van der Waals surface area (Å²) < 4.78 is 6.09. The van der Waals surface area contributed by atoms with Gasteiger partial charge in [-0.25, -0.2) is 0 Å². The number of likely N-dealkylation sites (N-methyl/N-ethyl adjacent to an activating group) is 2. The fourth-order valence-electron chi connectivity index (χ4n) is 3.62. The Hall–Kier alpha value is -1.80. The van der Waals surface area contributed by atoms with Gasteiger partial charge in [-0.2, -0.15) is 0 Å². The maximum Gasteiger partial charge on any atom is 0.207 e. The Kier molecular flexibility index (Phi) is 9.22. The van der Waals surface area contributed by atoms with E-state index < -0.39 is 0 Å². The minimum absolute atomic E-state index is 0.149. The lowest BCUT2D eigenvalue weighted by Crippen LogP contribution is -2.28. The molecule has 0 saturated heterocycles. The highest BCUT2D eigenvalue weighted by molar-refractivity contribution is 8.14. The Labute approximate surface area is 199 Å². The predicted octanol–water partition coefficient (Wildman–Crippen LogP) is 5.30. The van der Waals surface area contributed by atoms with Crippen LogP contribution in [-0.2, 0) is 16.0 Å². The van der Waals surface area contributed by atoms with Gasteiger partial charge in [-0.05, 0) is 62.6 Å². The molecule has 0 amide bonds. The SMILES string of the molecule is CCN(CC)CC(=O)Sc1ccc2c(c1)Cc1cc(SC(=O)CN(CC)CC)ccc1O2. The Morgan fingerprint density at radius 2 is 1.16 bits per heavy atom. The van der Waals surface area contributed by atoms with Gasteiger partial charge >= 0.3 is 0 Å². The molecule has 0 aromatic heterocycles. The van der Waals surface area contributed by atoms with E-state index in [1.165, 1.54) is 23.5 Å². The molecule has 0 fully saturated rings. The zero-order valence-electron chi connectivity index (χ0n) is 19.3. The minimum Gasteiger partial charge on any atom is -0.457 e. The van der Waals surface area contributed by atoms with E-state index in [9.17, 15) is 9.59 Å². The maximum atomic E-state index is 12.4. The summed E-state index contributed by atoms with van der Waals surface area (Å²) in [5.74, 6) is 1.66. The molecule has 1 aliphatic heterocycles. The van der Waals surface area contributed by atoms with Gasteiger partial charge in [0.25, 0.3) is 0 Å². The molecule has 0 unspecified atom stereocenters. The van der Waals surface area contributed by atoms with Gasteiger partial charge in [0.2, 0.25) is 10.2 Å². The van der Waals surface area contributed by atoms with E-state index in [4.69, 9.17) is 4.74 Å². The van der Waals surface area contributed by atoms with Crippen LogP contribution in [0.2, 0.25) is 0 Å². The van der Waals surface area contributed by atoms with E-state index in [-0.39, 0.29) is 10.2 Å². The van der Waals surface area contributed by atoms with Crippen molar-refractivity contribution in [1.29, 1.82) is 0 Å². The van der Waals surface area contributed by atoms with Gasteiger partial charge in [-0.1, -0.05) is 51.2 Å². The van der Waals surface area contributed by atoms with Crippen molar-refractivity contribution in [3.05, 3.63) is 47.5 Å². The van der Waals surface area contributed by atoms with Gasteiger partial charge in [-0.3, -0.25) is 19.4 Å². The third-order valence-electron chi connectivity index (χ3n) is 5.62. The molecule has 0 atom stereocenters. The zero-order valence-corrected chi connectivity index (χ0v) is 21.0. The first-order valence-corrected chi connectivity index (χ1v) is 12.9. The molecular formula is C25H32N2O3S2. The number of hydrogen-bond acceptors (Lipinski definition) is 7. The van der Waals surface area contributed by atoms with E-state index in [1.807, 2.05) is 24.3 Å². The summed E-state index contributed by atoms with van der Waals surface area (Å²) in [6.07, 6.45) is 0.724. The number of hydrogen-bond donors (Lipinski definition) is 0. The summed E-state index contributed by atoms with van der Waals surface area (Å²) in [7, 11) is 0. The van der Waals surface area contributed by atoms with Crippen LogP contribution in [0.5, 0.6) is 11.5 Å². The summed E-state index contributed by atoms with van der Waals surface area (Å²) >= 11 is 2.58. The fraction of sp³-hybridized carbons (Fsp3) is 0.440. The smallest absolute Gasteiger partial charge is 0.207 e. The predicted molar refractivity (Wildman–Crippen MR) is 133 cm³/mol. The van der Waals surface area contributed by atoms with E-state index in [1.54, 1.807) is 0 Å². The first kappa shape index (κ1) is 24.8. The van der Waals surface area contributed by atoms with Gasteiger partial charge in [0.05, 0.1) is 13.1 Å². The van der Waals surface area contributed by atoms with Crippen molar-refractivity contribution in [3.63, 3.8) is 0 Å². The highest BCUT2D eigenvalue weighted by atomic mass is 32.2. The summed E-state index contributed by atoms with van der Waals surface area (Å²) in [6, 6.07) is 11.9. The molecule has 0 radical (unpaired) electrons. The van der Waals surface area contributed by atoms with Gasteiger partial charge in [0.15, 0.2) is 0 Å². The highest BCUT2D eigenvalue weighted by Gasteiger charge is 2.20. The second kappa shape index (κ2) is 11.9. The lowest BCUT2D eigenvalue weighted by molar-refractivity contribution is -0.112. The molecule has 2 aromatic rings. The number of benzene rings is 2. The molecule has 0 saturated carbocycles. The van der Waals surface area contributed by atoms with Crippen LogP contribution in [0.3, 0.4) is 0 Å². The molecule has 0 aliphatic carbocycles. The van der Waals surface area contributed by atoms with Crippen LogP contribution in [0.1, 0.15) is 38.8 Å². The van der Waals surface area contributed by atoms with Crippen LogP contribution in [0.15, 0.2) is 46.2 Å². The zero-order chi connectivity index (χ0) is 23.1. The summed E-state index contributed by atoms with van der Waals surface area (Å²) in [4.78, 5) is 31.0. The number of carbonyl (C=O) groups is 2. The summed E-state index contributed by atoms with van der Waals surface area (Å²) in [5, 5.41) is 0.298. The molecule has 1 aliphatic rings. The van der Waals surface area contributed by atoms with Gasteiger partial charge < -0.3 is 4.74 Å². The third kappa shape index (κ3) is 6.61. The summed E-state index contributed by atoms with van der Waals surface area (Å²) in [6.45, 7) is 12.7. The number of carbonyl (C=O) groups excluding carboxylic acids is 2. The van der Waals surface area contributed by atoms with Crippen molar-refractivity contribution >= 4 is 33.8 Å². The van der Waals surface area contributed by atoms with Crippen molar-refractivity contribution < 1.29 is 14.3 Å². The second-order valence-electron chi connectivity index (χ2n) is 7.69. The molecule has 2 aromatic carbocycles. The molecular weight excluding hydrogens is 440 g/mol. The Balaban J connectivity index is 1.67. The minimum atomic E-state index is 0.149. The molecule has 0 N–H and O–H groups in total. The number of rotatable bonds is 10. The van der Waals surface area contributed by atoms with Crippen LogP contribution in [-0.4, -0.2) is 59.3 Å². The van der Waals surface area contributed by atoms with Gasteiger partial charge in [0, 0.05) is 27.3 Å². The molecule has 0 spiro atoms. The topological polar surface area (TPSA) is 49.9 Å². The lowest BCUT2D eigenvalue weighted by Gasteiger charge is -2.22. The largest absolute Gasteiger partial charge is 0.457 e. The van der Waals surface area contributed by atoms with Crippen LogP contribution in [0.4, 0.5) is 0 Å². The van der Waals surface area contributed by atoms with Gasteiger partial charge in [-0.15, -0.1) is 0 Å². The van der Waals surface area contributed by atoms with Crippen molar-refractivity contribution in [2.24, 2.45) is 0 Å². The van der Waals surface area contributed by atoms with Crippen LogP contribution >= 0.6 is 23.5 Å². The normalized spacial score (nSPS) is 12.4. The van der Waals surface area contributed by atoms with E-state index in [2.05, 4.69) is 49.6 Å². The van der Waals surface area contributed by atoms with Crippen LogP contribution < -0.4 is 4.74 Å². The number of ether oxygens (including phenoxy) is 1. The highest BCUT2D eigenvalue weighted by Crippen LogP contribution is 2.40. The van der Waals surface area contributed by atoms with E-state index >= 15 is 0 Å². The van der Waals surface area contributed by atoms with Crippen molar-refractivity contribution in [2.45, 2.75) is 43.9 Å². The second-order valence-corrected chi connectivity index (χ2v) is 9.95. The van der Waals surface area contributed by atoms with Crippen molar-refractivity contribution in [1.82, 2.24) is 9.80 Å². The average molecular weight is 473 g/mol. The number of nitrogens with zero attached hydrogens (tertiary/aromatic N) is 2. The standard InChI is InChI=1S/C25H32N2O3S2/c1-5-26(6-2)16-24(28)31-20-9-11-22-18(14-20)13-19-15-21(10-12-23(19)30-22)32-25(29)17-27(7-3)8-4/h9-12,14-15H,5-8,13,16-17H2,1-4H3. The third-order valence-corrected chi connectivity index (χ3v) is 7.32. The molecule has 32 heavy (non-hydrogen) atoms. The molecule has 172 valence electrons. The number of thioether (sulfide) groups is 2. The van der Waals surface area contributed by atoms with Crippen LogP contribution in [0, 0.1) is 0 Å². The Morgan fingerprint density at radius 3 is 1.53 bits per heavy atom.